The molecule has 2 aromatic rings. The molecule has 1 amide bonds. The number of fused-ring (bicyclic) bond motifs is 1. The first-order chi connectivity index (χ1) is 12.0. The van der Waals surface area contributed by atoms with E-state index in [2.05, 4.69) is 44.2 Å². The maximum atomic E-state index is 12.7. The van der Waals surface area contributed by atoms with Crippen LogP contribution in [0, 0.1) is 11.3 Å². The Balaban J connectivity index is 1.47. The lowest BCUT2D eigenvalue weighted by molar-refractivity contribution is -0.184. The number of para-hydroxylation sites is 1. The van der Waals surface area contributed by atoms with Crippen molar-refractivity contribution in [3.63, 3.8) is 0 Å². The van der Waals surface area contributed by atoms with Gasteiger partial charge in [0.1, 0.15) is 5.75 Å². The minimum absolute atomic E-state index is 0.0606. The molecule has 2 aliphatic heterocycles. The van der Waals surface area contributed by atoms with Crippen LogP contribution in [0.15, 0.2) is 60.7 Å². The number of hydrogen-bond donors (Lipinski definition) is 0. The number of hydrogen-bond acceptors (Lipinski definition) is 2. The summed E-state index contributed by atoms with van der Waals surface area (Å²) in [5, 5.41) is 0. The van der Waals surface area contributed by atoms with Crippen molar-refractivity contribution < 1.29 is 9.53 Å². The van der Waals surface area contributed by atoms with E-state index in [1.165, 1.54) is 5.56 Å². The fourth-order valence-electron chi connectivity index (χ4n) is 4.60. The van der Waals surface area contributed by atoms with Crippen molar-refractivity contribution in [1.82, 2.24) is 4.90 Å². The maximum absolute atomic E-state index is 12.7. The molecule has 0 bridgehead atoms. The van der Waals surface area contributed by atoms with Crippen LogP contribution >= 0.6 is 0 Å². The van der Waals surface area contributed by atoms with Gasteiger partial charge in [0.25, 0.3) is 5.91 Å². The van der Waals surface area contributed by atoms with Crippen LogP contribution in [0.2, 0.25) is 0 Å². The maximum Gasteiger partial charge on any atom is 0.266 e. The van der Waals surface area contributed by atoms with Gasteiger partial charge in [-0.25, -0.2) is 0 Å². The van der Waals surface area contributed by atoms with Crippen LogP contribution in [0.3, 0.4) is 0 Å². The molecule has 0 radical (unpaired) electrons. The standard InChI is InChI=1S/C22H25NO2/c1-22(2)14-17(13-16-9-5-3-6-10-16)15-23-20(22)19(21(23)24)25-18-11-7-4-8-12-18/h3-12,17,19-20H,13-15H2,1-2H3/t17-,19-,20-/m0/s1. The SMILES string of the molecule is CC1(C)C[C@H](Cc2ccccc2)CN2C(=O)[C@@H](Oc3ccccc3)[C@H]21. The Morgan fingerprint density at radius 1 is 1.04 bits per heavy atom. The van der Waals surface area contributed by atoms with E-state index < -0.39 is 0 Å². The first-order valence-corrected chi connectivity index (χ1v) is 9.11. The minimum Gasteiger partial charge on any atom is -0.478 e. The fourth-order valence-corrected chi connectivity index (χ4v) is 4.60. The van der Waals surface area contributed by atoms with Crippen molar-refractivity contribution in [2.75, 3.05) is 6.54 Å². The quantitative estimate of drug-likeness (QED) is 0.792. The van der Waals surface area contributed by atoms with E-state index in [-0.39, 0.29) is 23.5 Å². The zero-order chi connectivity index (χ0) is 17.4. The van der Waals surface area contributed by atoms with E-state index >= 15 is 0 Å². The number of piperidine rings is 1. The molecule has 0 saturated carbocycles. The molecular formula is C22H25NO2. The molecule has 2 aromatic carbocycles. The normalized spacial score (nSPS) is 27.4. The topological polar surface area (TPSA) is 29.5 Å². The smallest absolute Gasteiger partial charge is 0.266 e. The molecule has 3 nitrogen and oxygen atoms in total. The van der Waals surface area contributed by atoms with Crippen LogP contribution < -0.4 is 4.74 Å². The Hall–Kier alpha value is -2.29. The second-order valence-corrected chi connectivity index (χ2v) is 8.04. The average molecular weight is 335 g/mol. The fraction of sp³-hybridized carbons (Fsp3) is 0.409. The van der Waals surface area contributed by atoms with Crippen molar-refractivity contribution in [1.29, 1.82) is 0 Å². The Bertz CT molecular complexity index is 741. The third-order valence-corrected chi connectivity index (χ3v) is 5.59. The second-order valence-electron chi connectivity index (χ2n) is 8.04. The molecule has 0 spiro atoms. The highest BCUT2D eigenvalue weighted by molar-refractivity contribution is 5.89. The summed E-state index contributed by atoms with van der Waals surface area (Å²) < 4.78 is 6.03. The number of amides is 1. The summed E-state index contributed by atoms with van der Waals surface area (Å²) in [6, 6.07) is 20.4. The predicted octanol–water partition coefficient (Wildman–Crippen LogP) is 3.93. The number of rotatable bonds is 4. The van der Waals surface area contributed by atoms with Crippen LogP contribution in [0.25, 0.3) is 0 Å². The molecule has 0 unspecified atom stereocenters. The van der Waals surface area contributed by atoms with Gasteiger partial charge < -0.3 is 9.64 Å². The van der Waals surface area contributed by atoms with Crippen molar-refractivity contribution in [3.8, 4) is 5.75 Å². The second kappa shape index (κ2) is 6.21. The molecule has 2 heterocycles. The monoisotopic (exact) mass is 335 g/mol. The Labute approximate surface area is 149 Å². The van der Waals surface area contributed by atoms with Crippen LogP contribution in [0.4, 0.5) is 0 Å². The lowest BCUT2D eigenvalue weighted by Crippen LogP contribution is -2.74. The molecule has 130 valence electrons. The average Bonchev–Trinajstić information content (AvgIpc) is 2.61. The Kier molecular flexibility index (Phi) is 4.03. The first kappa shape index (κ1) is 16.2. The molecule has 2 fully saturated rings. The summed E-state index contributed by atoms with van der Waals surface area (Å²) in [4.78, 5) is 14.7. The van der Waals surface area contributed by atoms with Gasteiger partial charge in [0.15, 0.2) is 6.10 Å². The lowest BCUT2D eigenvalue weighted by atomic mass is 9.65. The number of benzene rings is 2. The van der Waals surface area contributed by atoms with Gasteiger partial charge in [-0.15, -0.1) is 0 Å². The van der Waals surface area contributed by atoms with E-state index in [9.17, 15) is 4.79 Å². The molecule has 2 saturated heterocycles. The lowest BCUT2D eigenvalue weighted by Gasteiger charge is -2.58. The summed E-state index contributed by atoms with van der Waals surface area (Å²) in [7, 11) is 0. The highest BCUT2D eigenvalue weighted by Gasteiger charge is 2.59. The number of β-lactam (4-membered cyclic amide) rings is 1. The van der Waals surface area contributed by atoms with Gasteiger partial charge in [0.2, 0.25) is 0 Å². The summed E-state index contributed by atoms with van der Waals surface area (Å²) in [5.41, 5.74) is 1.41. The van der Waals surface area contributed by atoms with Crippen LogP contribution in [-0.4, -0.2) is 29.5 Å². The van der Waals surface area contributed by atoms with Gasteiger partial charge in [-0.1, -0.05) is 62.4 Å². The highest BCUT2D eigenvalue weighted by Crippen LogP contribution is 2.46. The number of nitrogens with zero attached hydrogens (tertiary/aromatic N) is 1. The number of ether oxygens (including phenoxy) is 1. The minimum atomic E-state index is -0.338. The molecule has 2 aliphatic rings. The molecule has 0 N–H and O–H groups in total. The summed E-state index contributed by atoms with van der Waals surface area (Å²) in [5.74, 6) is 1.43. The molecule has 25 heavy (non-hydrogen) atoms. The highest BCUT2D eigenvalue weighted by atomic mass is 16.5. The molecule has 0 aromatic heterocycles. The zero-order valence-corrected chi connectivity index (χ0v) is 14.9. The molecule has 3 atom stereocenters. The molecule has 0 aliphatic carbocycles. The van der Waals surface area contributed by atoms with Crippen molar-refractivity contribution in [2.24, 2.45) is 11.3 Å². The summed E-state index contributed by atoms with van der Waals surface area (Å²) >= 11 is 0. The molecular weight excluding hydrogens is 310 g/mol. The van der Waals surface area contributed by atoms with E-state index in [0.29, 0.717) is 5.92 Å². The van der Waals surface area contributed by atoms with Crippen molar-refractivity contribution in [3.05, 3.63) is 66.2 Å². The van der Waals surface area contributed by atoms with Gasteiger partial charge in [-0.2, -0.15) is 0 Å². The van der Waals surface area contributed by atoms with Crippen molar-refractivity contribution in [2.45, 2.75) is 38.8 Å². The van der Waals surface area contributed by atoms with Gasteiger partial charge in [-0.3, -0.25) is 4.79 Å². The third kappa shape index (κ3) is 3.04. The summed E-state index contributed by atoms with van der Waals surface area (Å²) in [6.07, 6.45) is 1.81. The van der Waals surface area contributed by atoms with Crippen LogP contribution in [-0.2, 0) is 11.2 Å². The Morgan fingerprint density at radius 2 is 1.68 bits per heavy atom. The predicted molar refractivity (Wildman–Crippen MR) is 98.4 cm³/mol. The van der Waals surface area contributed by atoms with Crippen LogP contribution in [0.5, 0.6) is 5.75 Å². The largest absolute Gasteiger partial charge is 0.478 e. The van der Waals surface area contributed by atoms with E-state index in [4.69, 9.17) is 4.74 Å². The summed E-state index contributed by atoms with van der Waals surface area (Å²) in [6.45, 7) is 5.39. The first-order valence-electron chi connectivity index (χ1n) is 9.11. The molecule has 3 heteroatoms. The van der Waals surface area contributed by atoms with Gasteiger partial charge in [0, 0.05) is 6.54 Å². The Morgan fingerprint density at radius 3 is 2.36 bits per heavy atom. The van der Waals surface area contributed by atoms with Crippen molar-refractivity contribution >= 4 is 5.91 Å². The third-order valence-electron chi connectivity index (χ3n) is 5.59. The number of carbonyl (C=O) groups is 1. The molecule has 4 rings (SSSR count). The van der Waals surface area contributed by atoms with Gasteiger partial charge in [0.05, 0.1) is 6.04 Å². The van der Waals surface area contributed by atoms with E-state index in [1.807, 2.05) is 35.2 Å². The zero-order valence-electron chi connectivity index (χ0n) is 14.9. The van der Waals surface area contributed by atoms with Gasteiger partial charge in [-0.05, 0) is 41.9 Å². The van der Waals surface area contributed by atoms with Crippen LogP contribution in [0.1, 0.15) is 25.8 Å². The number of carbonyl (C=O) groups excluding carboxylic acids is 1. The van der Waals surface area contributed by atoms with Gasteiger partial charge >= 0.3 is 0 Å². The van der Waals surface area contributed by atoms with E-state index in [1.54, 1.807) is 0 Å². The van der Waals surface area contributed by atoms with E-state index in [0.717, 1.165) is 25.1 Å².